The molecule has 0 aliphatic carbocycles. The van der Waals surface area contributed by atoms with Crippen molar-refractivity contribution >= 4 is 22.4 Å². The van der Waals surface area contributed by atoms with Crippen molar-refractivity contribution in [2.24, 2.45) is 0 Å². The molecule has 1 fully saturated rings. The first kappa shape index (κ1) is 15.9. The van der Waals surface area contributed by atoms with E-state index < -0.39 is 0 Å². The van der Waals surface area contributed by atoms with Crippen molar-refractivity contribution in [3.05, 3.63) is 47.2 Å². The number of carbonyl (C=O) groups is 1. The van der Waals surface area contributed by atoms with Gasteiger partial charge in [-0.25, -0.2) is 9.37 Å². The summed E-state index contributed by atoms with van der Waals surface area (Å²) in [5.41, 5.74) is 0.897. The molecule has 2 aromatic rings. The number of rotatable bonds is 5. The predicted molar refractivity (Wildman–Crippen MR) is 89.0 cm³/mol. The van der Waals surface area contributed by atoms with Crippen molar-refractivity contribution in [2.75, 3.05) is 37.6 Å². The Morgan fingerprint density at radius 2 is 1.96 bits per heavy atom. The average Bonchev–Trinajstić information content (AvgIpc) is 3.09. The highest BCUT2D eigenvalue weighted by Crippen LogP contribution is 2.18. The van der Waals surface area contributed by atoms with E-state index in [-0.39, 0.29) is 11.7 Å². The van der Waals surface area contributed by atoms with Crippen LogP contribution in [0.3, 0.4) is 0 Å². The fourth-order valence-electron chi connectivity index (χ4n) is 2.53. The smallest absolute Gasteiger partial charge is 0.234 e. The maximum atomic E-state index is 12.8. The number of carbonyl (C=O) groups excluding carboxylic acids is 1. The van der Waals surface area contributed by atoms with Crippen molar-refractivity contribution in [1.82, 2.24) is 15.2 Å². The number of thiazole rings is 1. The predicted octanol–water partition coefficient (Wildman–Crippen LogP) is 1.72. The second-order valence-electron chi connectivity index (χ2n) is 5.48. The molecule has 0 radical (unpaired) electrons. The molecule has 122 valence electrons. The number of piperazine rings is 1. The van der Waals surface area contributed by atoms with Gasteiger partial charge in [-0.1, -0.05) is 12.1 Å². The first-order valence-electron chi connectivity index (χ1n) is 7.58. The molecule has 2 heterocycles. The molecule has 1 N–H and O–H groups in total. The van der Waals surface area contributed by atoms with Gasteiger partial charge in [-0.05, 0) is 17.7 Å². The summed E-state index contributed by atoms with van der Waals surface area (Å²) in [6.07, 6.45) is 1.81. The van der Waals surface area contributed by atoms with E-state index in [9.17, 15) is 9.18 Å². The topological polar surface area (TPSA) is 48.5 Å². The van der Waals surface area contributed by atoms with Gasteiger partial charge in [-0.3, -0.25) is 9.69 Å². The molecule has 0 unspecified atom stereocenters. The van der Waals surface area contributed by atoms with Crippen LogP contribution in [0.4, 0.5) is 9.52 Å². The first-order valence-corrected chi connectivity index (χ1v) is 8.46. The number of nitrogens with one attached hydrogen (secondary N) is 1. The van der Waals surface area contributed by atoms with Gasteiger partial charge in [0, 0.05) is 44.3 Å². The fourth-order valence-corrected chi connectivity index (χ4v) is 3.23. The molecule has 0 atom stereocenters. The molecular weight excluding hydrogens is 315 g/mol. The number of benzene rings is 1. The number of nitrogens with zero attached hydrogens (tertiary/aromatic N) is 3. The van der Waals surface area contributed by atoms with Gasteiger partial charge in [-0.2, -0.15) is 0 Å². The molecule has 1 aromatic heterocycles. The zero-order chi connectivity index (χ0) is 16.1. The Morgan fingerprint density at radius 3 is 2.61 bits per heavy atom. The Labute approximate surface area is 138 Å². The molecule has 0 spiro atoms. The highest BCUT2D eigenvalue weighted by molar-refractivity contribution is 7.13. The standard InChI is InChI=1S/C16H19FN4OS/c17-14-3-1-13(2-4-14)11-19-15(22)12-20-6-8-21(9-7-20)16-18-5-10-23-16/h1-5,10H,6-9,11-12H2,(H,19,22). The third-order valence-electron chi connectivity index (χ3n) is 3.83. The van der Waals surface area contributed by atoms with E-state index in [4.69, 9.17) is 0 Å². The summed E-state index contributed by atoms with van der Waals surface area (Å²) >= 11 is 1.64. The van der Waals surface area contributed by atoms with Gasteiger partial charge in [0.1, 0.15) is 5.82 Å². The minimum absolute atomic E-state index is 0.00276. The number of anilines is 1. The SMILES string of the molecule is O=C(CN1CCN(c2nccs2)CC1)NCc1ccc(F)cc1. The van der Waals surface area contributed by atoms with Crippen LogP contribution in [0.2, 0.25) is 0 Å². The van der Waals surface area contributed by atoms with Crippen molar-refractivity contribution < 1.29 is 9.18 Å². The normalized spacial score (nSPS) is 15.6. The third kappa shape index (κ3) is 4.49. The summed E-state index contributed by atoms with van der Waals surface area (Å²) in [6, 6.07) is 6.17. The zero-order valence-electron chi connectivity index (χ0n) is 12.7. The zero-order valence-corrected chi connectivity index (χ0v) is 13.6. The molecule has 0 saturated carbocycles. The van der Waals surface area contributed by atoms with Gasteiger partial charge in [0.2, 0.25) is 5.91 Å². The van der Waals surface area contributed by atoms with E-state index in [2.05, 4.69) is 20.1 Å². The Bertz CT molecular complexity index is 624. The van der Waals surface area contributed by atoms with Gasteiger partial charge in [-0.15, -0.1) is 11.3 Å². The molecule has 1 amide bonds. The van der Waals surface area contributed by atoms with E-state index >= 15 is 0 Å². The Kier molecular flexibility index (Phi) is 5.19. The maximum absolute atomic E-state index is 12.8. The average molecular weight is 334 g/mol. The Morgan fingerprint density at radius 1 is 1.22 bits per heavy atom. The molecule has 0 bridgehead atoms. The minimum Gasteiger partial charge on any atom is -0.351 e. The molecule has 1 aliphatic heterocycles. The van der Waals surface area contributed by atoms with E-state index in [1.807, 2.05) is 11.6 Å². The lowest BCUT2D eigenvalue weighted by atomic mass is 10.2. The summed E-state index contributed by atoms with van der Waals surface area (Å²) < 4.78 is 12.8. The quantitative estimate of drug-likeness (QED) is 0.905. The lowest BCUT2D eigenvalue weighted by Gasteiger charge is -2.34. The summed E-state index contributed by atoms with van der Waals surface area (Å²) in [4.78, 5) is 20.7. The maximum Gasteiger partial charge on any atom is 0.234 e. The number of aromatic nitrogens is 1. The monoisotopic (exact) mass is 334 g/mol. The van der Waals surface area contributed by atoms with E-state index in [1.54, 1.807) is 23.5 Å². The lowest BCUT2D eigenvalue weighted by molar-refractivity contribution is -0.122. The van der Waals surface area contributed by atoms with Crippen LogP contribution in [-0.2, 0) is 11.3 Å². The molecule has 3 rings (SSSR count). The number of hydrogen-bond donors (Lipinski definition) is 1. The number of hydrogen-bond acceptors (Lipinski definition) is 5. The van der Waals surface area contributed by atoms with Crippen LogP contribution >= 0.6 is 11.3 Å². The van der Waals surface area contributed by atoms with Crippen molar-refractivity contribution in [1.29, 1.82) is 0 Å². The summed E-state index contributed by atoms with van der Waals surface area (Å²) in [5, 5.41) is 5.90. The summed E-state index contributed by atoms with van der Waals surface area (Å²) in [5.74, 6) is -0.268. The van der Waals surface area contributed by atoms with Crippen LogP contribution in [0.15, 0.2) is 35.8 Å². The van der Waals surface area contributed by atoms with Gasteiger partial charge in [0.15, 0.2) is 5.13 Å². The number of halogens is 1. The second kappa shape index (κ2) is 7.52. The van der Waals surface area contributed by atoms with Crippen molar-refractivity contribution in [3.63, 3.8) is 0 Å². The van der Waals surface area contributed by atoms with Gasteiger partial charge >= 0.3 is 0 Å². The Hall–Kier alpha value is -1.99. The van der Waals surface area contributed by atoms with Crippen LogP contribution in [0.5, 0.6) is 0 Å². The van der Waals surface area contributed by atoms with Crippen LogP contribution in [-0.4, -0.2) is 48.5 Å². The van der Waals surface area contributed by atoms with E-state index in [0.29, 0.717) is 13.1 Å². The third-order valence-corrected chi connectivity index (χ3v) is 4.66. The first-order chi connectivity index (χ1) is 11.2. The highest BCUT2D eigenvalue weighted by atomic mass is 32.1. The van der Waals surface area contributed by atoms with Gasteiger partial charge in [0.05, 0.1) is 6.54 Å². The van der Waals surface area contributed by atoms with Gasteiger partial charge < -0.3 is 10.2 Å². The van der Waals surface area contributed by atoms with Gasteiger partial charge in [0.25, 0.3) is 0 Å². The summed E-state index contributed by atoms with van der Waals surface area (Å²) in [6.45, 7) is 4.30. The lowest BCUT2D eigenvalue weighted by Crippen LogP contribution is -2.49. The minimum atomic E-state index is -0.266. The van der Waals surface area contributed by atoms with Crippen molar-refractivity contribution in [3.8, 4) is 0 Å². The van der Waals surface area contributed by atoms with Crippen molar-refractivity contribution in [2.45, 2.75) is 6.54 Å². The fraction of sp³-hybridized carbons (Fsp3) is 0.375. The van der Waals surface area contributed by atoms with Crippen LogP contribution in [0.25, 0.3) is 0 Å². The number of amides is 1. The largest absolute Gasteiger partial charge is 0.351 e. The van der Waals surface area contributed by atoms with Crippen LogP contribution < -0.4 is 10.2 Å². The highest BCUT2D eigenvalue weighted by Gasteiger charge is 2.20. The van der Waals surface area contributed by atoms with Crippen LogP contribution in [0.1, 0.15) is 5.56 Å². The molecule has 7 heteroatoms. The summed E-state index contributed by atoms with van der Waals surface area (Å²) in [7, 11) is 0. The molecular formula is C16H19FN4OS. The molecule has 1 aromatic carbocycles. The molecule has 1 aliphatic rings. The second-order valence-corrected chi connectivity index (χ2v) is 6.35. The Balaban J connectivity index is 1.40. The molecule has 23 heavy (non-hydrogen) atoms. The molecule has 5 nitrogen and oxygen atoms in total. The molecule has 1 saturated heterocycles. The van der Waals surface area contributed by atoms with E-state index in [1.165, 1.54) is 12.1 Å². The van der Waals surface area contributed by atoms with E-state index in [0.717, 1.165) is 36.9 Å². The van der Waals surface area contributed by atoms with Crippen LogP contribution in [0, 0.1) is 5.82 Å².